The summed E-state index contributed by atoms with van der Waals surface area (Å²) in [6.07, 6.45) is 5.80. The summed E-state index contributed by atoms with van der Waals surface area (Å²) in [6, 6.07) is 11.9. The maximum absolute atomic E-state index is 12.4. The van der Waals surface area contributed by atoms with E-state index in [2.05, 4.69) is 34.0 Å². The number of amides is 1. The first-order chi connectivity index (χ1) is 14.0. The lowest BCUT2D eigenvalue weighted by atomic mass is 10.1. The molecule has 1 N–H and O–H groups in total. The zero-order valence-corrected chi connectivity index (χ0v) is 17.4. The summed E-state index contributed by atoms with van der Waals surface area (Å²) in [5, 5.41) is 3.55. The number of oxazole rings is 1. The normalized spacial score (nSPS) is 12.1. The Balaban J connectivity index is 1.63. The van der Waals surface area contributed by atoms with E-state index in [1.807, 2.05) is 36.4 Å². The van der Waals surface area contributed by atoms with Crippen molar-refractivity contribution in [1.82, 2.24) is 20.2 Å². The highest BCUT2D eigenvalue weighted by molar-refractivity contribution is 6.30. The first kappa shape index (κ1) is 21.0. The topological polar surface area (TPSA) is 71.3 Å². The van der Waals surface area contributed by atoms with E-state index in [1.165, 1.54) is 6.26 Å². The van der Waals surface area contributed by atoms with E-state index in [1.54, 1.807) is 12.4 Å². The molecule has 6 nitrogen and oxygen atoms in total. The maximum atomic E-state index is 12.4. The first-order valence-corrected chi connectivity index (χ1v) is 10.0. The van der Waals surface area contributed by atoms with E-state index < -0.39 is 0 Å². The van der Waals surface area contributed by atoms with Gasteiger partial charge in [0.15, 0.2) is 5.69 Å². The number of halogens is 1. The quantitative estimate of drug-likeness (QED) is 0.562. The van der Waals surface area contributed by atoms with Gasteiger partial charge < -0.3 is 9.73 Å². The number of rotatable bonds is 9. The van der Waals surface area contributed by atoms with Gasteiger partial charge in [-0.3, -0.25) is 14.7 Å². The average Bonchev–Trinajstić information content (AvgIpc) is 3.20. The molecule has 2 aromatic heterocycles. The lowest BCUT2D eigenvalue weighted by Gasteiger charge is -2.27. The number of carbonyl (C=O) groups is 1. The second kappa shape index (κ2) is 10.2. The van der Waals surface area contributed by atoms with Gasteiger partial charge >= 0.3 is 0 Å². The minimum atomic E-state index is -0.270. The molecule has 0 saturated carbocycles. The molecule has 0 fully saturated rings. The Hall–Kier alpha value is -2.70. The molecule has 7 heteroatoms. The molecule has 0 bridgehead atoms. The number of benzene rings is 1. The van der Waals surface area contributed by atoms with Crippen LogP contribution in [0.5, 0.6) is 0 Å². The summed E-state index contributed by atoms with van der Waals surface area (Å²) in [5.74, 6) is 0.243. The van der Waals surface area contributed by atoms with E-state index in [-0.39, 0.29) is 11.6 Å². The fraction of sp³-hybridized carbons (Fsp3) is 0.318. The summed E-state index contributed by atoms with van der Waals surface area (Å²) < 4.78 is 5.57. The van der Waals surface area contributed by atoms with Gasteiger partial charge in [0.05, 0.1) is 6.54 Å². The number of nitrogens with one attached hydrogen (secondary N) is 1. The van der Waals surface area contributed by atoms with Crippen molar-refractivity contribution in [2.45, 2.75) is 45.9 Å². The number of hydrogen-bond acceptors (Lipinski definition) is 5. The summed E-state index contributed by atoms with van der Waals surface area (Å²) in [5.41, 5.74) is 2.32. The van der Waals surface area contributed by atoms with Crippen molar-refractivity contribution in [2.24, 2.45) is 0 Å². The van der Waals surface area contributed by atoms with Crippen molar-refractivity contribution in [3.63, 3.8) is 0 Å². The molecular weight excluding hydrogens is 388 g/mol. The van der Waals surface area contributed by atoms with Gasteiger partial charge in [-0.25, -0.2) is 4.98 Å². The van der Waals surface area contributed by atoms with Gasteiger partial charge in [0, 0.05) is 36.5 Å². The molecule has 3 aromatic rings. The molecule has 0 aliphatic heterocycles. The van der Waals surface area contributed by atoms with Gasteiger partial charge in [-0.2, -0.15) is 0 Å². The molecule has 0 aliphatic carbocycles. The largest absolute Gasteiger partial charge is 0.447 e. The van der Waals surface area contributed by atoms with Crippen LogP contribution in [0.2, 0.25) is 5.02 Å². The minimum absolute atomic E-state index is 0.270. The van der Waals surface area contributed by atoms with Crippen LogP contribution in [0.1, 0.15) is 47.8 Å². The van der Waals surface area contributed by atoms with E-state index in [0.717, 1.165) is 29.1 Å². The SMILES string of the molecule is CCC(C)N(Cc1cccc(Cl)c1)Cc1nc(C(=O)NCc2cccnc2)co1. The molecule has 1 amide bonds. The monoisotopic (exact) mass is 412 g/mol. The summed E-state index contributed by atoms with van der Waals surface area (Å²) in [4.78, 5) is 23.0. The molecule has 1 unspecified atom stereocenters. The van der Waals surface area contributed by atoms with Crippen LogP contribution in [0, 0.1) is 0 Å². The fourth-order valence-electron chi connectivity index (χ4n) is 2.93. The third-order valence-corrected chi connectivity index (χ3v) is 5.02. The molecule has 152 valence electrons. The second-order valence-corrected chi connectivity index (χ2v) is 7.40. The Morgan fingerprint density at radius 2 is 2.07 bits per heavy atom. The molecular formula is C22H25ClN4O2. The lowest BCUT2D eigenvalue weighted by Crippen LogP contribution is -2.31. The van der Waals surface area contributed by atoms with Crippen LogP contribution >= 0.6 is 11.6 Å². The molecule has 0 radical (unpaired) electrons. The highest BCUT2D eigenvalue weighted by atomic mass is 35.5. The molecule has 0 aliphatic rings. The van der Waals surface area contributed by atoms with Gasteiger partial charge in [0.2, 0.25) is 5.89 Å². The summed E-state index contributed by atoms with van der Waals surface area (Å²) >= 11 is 6.12. The van der Waals surface area contributed by atoms with Gasteiger partial charge in [0.25, 0.3) is 5.91 Å². The number of carbonyl (C=O) groups excluding carboxylic acids is 1. The van der Waals surface area contributed by atoms with E-state index in [9.17, 15) is 4.79 Å². The third-order valence-electron chi connectivity index (χ3n) is 4.79. The number of aromatic nitrogens is 2. The van der Waals surface area contributed by atoms with Crippen molar-refractivity contribution in [3.8, 4) is 0 Å². The molecule has 1 aromatic carbocycles. The Morgan fingerprint density at radius 3 is 2.79 bits per heavy atom. The van der Waals surface area contributed by atoms with Gasteiger partial charge in [0.1, 0.15) is 6.26 Å². The second-order valence-electron chi connectivity index (χ2n) is 6.96. The first-order valence-electron chi connectivity index (χ1n) is 9.65. The molecule has 1 atom stereocenters. The number of nitrogens with zero attached hydrogens (tertiary/aromatic N) is 3. The zero-order valence-electron chi connectivity index (χ0n) is 16.6. The summed E-state index contributed by atoms with van der Waals surface area (Å²) in [6.45, 7) is 5.93. The molecule has 2 heterocycles. The van der Waals surface area contributed by atoms with Gasteiger partial charge in [-0.1, -0.05) is 36.7 Å². The van der Waals surface area contributed by atoms with E-state index in [0.29, 0.717) is 25.0 Å². The van der Waals surface area contributed by atoms with Crippen molar-refractivity contribution >= 4 is 17.5 Å². The Labute approximate surface area is 175 Å². The van der Waals surface area contributed by atoms with Gasteiger partial charge in [-0.05, 0) is 42.7 Å². The highest BCUT2D eigenvalue weighted by Crippen LogP contribution is 2.18. The molecule has 29 heavy (non-hydrogen) atoms. The van der Waals surface area contributed by atoms with Crippen LogP contribution in [0.4, 0.5) is 0 Å². The van der Waals surface area contributed by atoms with Crippen molar-refractivity contribution in [2.75, 3.05) is 0 Å². The van der Waals surface area contributed by atoms with Crippen LogP contribution in [0.15, 0.2) is 59.5 Å². The van der Waals surface area contributed by atoms with Crippen LogP contribution in [-0.4, -0.2) is 26.8 Å². The van der Waals surface area contributed by atoms with Crippen molar-refractivity contribution in [1.29, 1.82) is 0 Å². The summed E-state index contributed by atoms with van der Waals surface area (Å²) in [7, 11) is 0. The number of pyridine rings is 1. The Kier molecular flexibility index (Phi) is 7.38. The molecule has 0 spiro atoms. The fourth-order valence-corrected chi connectivity index (χ4v) is 3.15. The highest BCUT2D eigenvalue weighted by Gasteiger charge is 2.18. The standard InChI is InChI=1S/C22H25ClN4O2/c1-3-16(2)27(13-17-6-4-8-19(23)10-17)14-21-26-20(15-29-21)22(28)25-12-18-7-5-9-24-11-18/h4-11,15-16H,3,12-14H2,1-2H3,(H,25,28). The predicted octanol–water partition coefficient (Wildman–Crippen LogP) is 4.45. The van der Waals surface area contributed by atoms with Crippen molar-refractivity contribution in [3.05, 3.63) is 82.8 Å². The van der Waals surface area contributed by atoms with Crippen molar-refractivity contribution < 1.29 is 9.21 Å². The molecule has 3 rings (SSSR count). The minimum Gasteiger partial charge on any atom is -0.447 e. The van der Waals surface area contributed by atoms with Gasteiger partial charge in [-0.15, -0.1) is 0 Å². The van der Waals surface area contributed by atoms with Crippen LogP contribution in [-0.2, 0) is 19.6 Å². The van der Waals surface area contributed by atoms with Crippen LogP contribution in [0.3, 0.4) is 0 Å². The Bertz CT molecular complexity index is 929. The van der Waals surface area contributed by atoms with E-state index >= 15 is 0 Å². The molecule has 0 saturated heterocycles. The predicted molar refractivity (Wildman–Crippen MR) is 112 cm³/mol. The maximum Gasteiger partial charge on any atom is 0.273 e. The smallest absolute Gasteiger partial charge is 0.273 e. The zero-order chi connectivity index (χ0) is 20.6. The average molecular weight is 413 g/mol. The van der Waals surface area contributed by atoms with Crippen LogP contribution in [0.25, 0.3) is 0 Å². The lowest BCUT2D eigenvalue weighted by molar-refractivity contribution is 0.0945. The Morgan fingerprint density at radius 1 is 1.24 bits per heavy atom. The van der Waals surface area contributed by atoms with E-state index in [4.69, 9.17) is 16.0 Å². The third kappa shape index (κ3) is 6.14. The van der Waals surface area contributed by atoms with Crippen LogP contribution < -0.4 is 5.32 Å². The number of hydrogen-bond donors (Lipinski definition) is 1.